The predicted molar refractivity (Wildman–Crippen MR) is 71.0 cm³/mol. The molecule has 98 valence electrons. The van der Waals surface area contributed by atoms with Crippen LogP contribution in [-0.2, 0) is 9.59 Å². The van der Waals surface area contributed by atoms with E-state index in [4.69, 9.17) is 16.7 Å². The Morgan fingerprint density at radius 1 is 1.44 bits per heavy atom. The van der Waals surface area contributed by atoms with Gasteiger partial charge in [-0.05, 0) is 30.7 Å². The molecule has 0 aliphatic heterocycles. The quantitative estimate of drug-likeness (QED) is 0.914. The van der Waals surface area contributed by atoms with Crippen LogP contribution in [0.4, 0.5) is 5.69 Å². The summed E-state index contributed by atoms with van der Waals surface area (Å²) in [4.78, 5) is 24.0. The second-order valence-electron chi connectivity index (χ2n) is 4.30. The lowest BCUT2D eigenvalue weighted by molar-refractivity contribution is -0.140. The maximum atomic E-state index is 11.6. The van der Waals surface area contributed by atoms with Crippen molar-refractivity contribution in [1.82, 2.24) is 0 Å². The number of carbonyl (C=O) groups excluding carboxylic acids is 1. The molecule has 1 aromatic rings. The summed E-state index contributed by atoms with van der Waals surface area (Å²) in [6.07, 6.45) is 0. The second kappa shape index (κ2) is 5.87. The van der Waals surface area contributed by atoms with Crippen LogP contribution in [0.3, 0.4) is 0 Å². The van der Waals surface area contributed by atoms with Crippen LogP contribution in [0.2, 0.25) is 5.02 Å². The Hall–Kier alpha value is -1.55. The van der Waals surface area contributed by atoms with Gasteiger partial charge in [0.15, 0.2) is 0 Å². The number of halogens is 1. The van der Waals surface area contributed by atoms with Gasteiger partial charge in [0.2, 0.25) is 5.91 Å². The minimum atomic E-state index is -0.923. The fourth-order valence-corrected chi connectivity index (χ4v) is 1.90. The van der Waals surface area contributed by atoms with E-state index >= 15 is 0 Å². The van der Waals surface area contributed by atoms with Crippen molar-refractivity contribution in [3.8, 4) is 0 Å². The van der Waals surface area contributed by atoms with E-state index in [9.17, 15) is 9.59 Å². The Bertz CT molecular complexity index is 473. The molecule has 1 rings (SSSR count). The molecule has 0 radical (unpaired) electrons. The number of carbonyl (C=O) groups is 2. The topological polar surface area (TPSA) is 57.6 Å². The number of carboxylic acid groups (broad SMARTS) is 1. The van der Waals surface area contributed by atoms with Gasteiger partial charge in [-0.15, -0.1) is 0 Å². The Labute approximate surface area is 111 Å². The second-order valence-corrected chi connectivity index (χ2v) is 4.74. The van der Waals surface area contributed by atoms with Gasteiger partial charge in [-0.25, -0.2) is 0 Å². The van der Waals surface area contributed by atoms with Gasteiger partial charge in [0.1, 0.15) is 0 Å². The number of benzene rings is 1. The summed E-state index contributed by atoms with van der Waals surface area (Å²) in [5.41, 5.74) is 1.54. The Morgan fingerprint density at radius 3 is 2.50 bits per heavy atom. The zero-order valence-electron chi connectivity index (χ0n) is 10.6. The smallest absolute Gasteiger partial charge is 0.308 e. The number of amides is 1. The number of aryl methyl sites for hydroxylation is 1. The Balaban J connectivity index is 3.05. The van der Waals surface area contributed by atoms with Crippen molar-refractivity contribution in [3.05, 3.63) is 28.8 Å². The maximum absolute atomic E-state index is 11.6. The number of rotatable bonds is 4. The van der Waals surface area contributed by atoms with E-state index < -0.39 is 11.9 Å². The highest BCUT2D eigenvalue weighted by Gasteiger charge is 2.20. The molecule has 1 unspecified atom stereocenters. The number of hydrogen-bond acceptors (Lipinski definition) is 2. The van der Waals surface area contributed by atoms with Crippen LogP contribution in [0.25, 0.3) is 0 Å². The van der Waals surface area contributed by atoms with Crippen molar-refractivity contribution < 1.29 is 14.7 Å². The first-order valence-electron chi connectivity index (χ1n) is 5.60. The molecular formula is C13H16ClNO3. The SMILES string of the molecule is CC(=O)N(CC(C)C(=O)O)c1ccc(Cl)cc1C. The fraction of sp³-hybridized carbons (Fsp3) is 0.385. The van der Waals surface area contributed by atoms with Gasteiger partial charge in [0.25, 0.3) is 0 Å². The van der Waals surface area contributed by atoms with Gasteiger partial charge in [-0.2, -0.15) is 0 Å². The minimum Gasteiger partial charge on any atom is -0.481 e. The molecule has 0 fully saturated rings. The zero-order chi connectivity index (χ0) is 13.9. The highest BCUT2D eigenvalue weighted by atomic mass is 35.5. The van der Waals surface area contributed by atoms with Crippen LogP contribution >= 0.6 is 11.6 Å². The third kappa shape index (κ3) is 3.47. The molecule has 0 bridgehead atoms. The molecule has 0 aromatic heterocycles. The summed E-state index contributed by atoms with van der Waals surface area (Å²) < 4.78 is 0. The number of carboxylic acids is 1. The molecule has 1 amide bonds. The van der Waals surface area contributed by atoms with Crippen molar-refractivity contribution in [2.45, 2.75) is 20.8 Å². The Morgan fingerprint density at radius 2 is 2.06 bits per heavy atom. The molecular weight excluding hydrogens is 254 g/mol. The first-order chi connectivity index (χ1) is 8.32. The van der Waals surface area contributed by atoms with Crippen LogP contribution in [0.5, 0.6) is 0 Å². The molecule has 1 aromatic carbocycles. The predicted octanol–water partition coefficient (Wildman–Crippen LogP) is 2.72. The number of hydrogen-bond donors (Lipinski definition) is 1. The lowest BCUT2D eigenvalue weighted by Gasteiger charge is -2.25. The monoisotopic (exact) mass is 269 g/mol. The van der Waals surface area contributed by atoms with Gasteiger partial charge < -0.3 is 10.0 Å². The molecule has 18 heavy (non-hydrogen) atoms. The molecule has 0 spiro atoms. The lowest BCUT2D eigenvalue weighted by atomic mass is 10.1. The molecule has 5 heteroatoms. The van der Waals surface area contributed by atoms with Gasteiger partial charge in [-0.3, -0.25) is 9.59 Å². The van der Waals surface area contributed by atoms with Crippen molar-refractivity contribution in [2.24, 2.45) is 5.92 Å². The van der Waals surface area contributed by atoms with Crippen LogP contribution in [0.1, 0.15) is 19.4 Å². The molecule has 0 saturated carbocycles. The largest absolute Gasteiger partial charge is 0.481 e. The Kier molecular flexibility index (Phi) is 4.73. The average Bonchev–Trinajstić information content (AvgIpc) is 2.26. The third-order valence-electron chi connectivity index (χ3n) is 2.71. The fourth-order valence-electron chi connectivity index (χ4n) is 1.67. The van der Waals surface area contributed by atoms with Gasteiger partial charge in [-0.1, -0.05) is 18.5 Å². The molecule has 0 aliphatic carbocycles. The van der Waals surface area contributed by atoms with Crippen molar-refractivity contribution >= 4 is 29.2 Å². The van der Waals surface area contributed by atoms with E-state index in [1.54, 1.807) is 25.1 Å². The molecule has 1 atom stereocenters. The van der Waals surface area contributed by atoms with Crippen molar-refractivity contribution in [2.75, 3.05) is 11.4 Å². The van der Waals surface area contributed by atoms with Crippen LogP contribution in [0.15, 0.2) is 18.2 Å². The molecule has 1 N–H and O–H groups in total. The summed E-state index contributed by atoms with van der Waals surface area (Å²) >= 11 is 5.86. The van der Waals surface area contributed by atoms with E-state index in [1.807, 2.05) is 6.92 Å². The standard InChI is InChI=1S/C13H16ClNO3/c1-8-6-11(14)4-5-12(8)15(10(3)16)7-9(2)13(17)18/h4-6,9H,7H2,1-3H3,(H,17,18). The summed E-state index contributed by atoms with van der Waals surface area (Å²) in [6, 6.07) is 5.16. The van der Waals surface area contributed by atoms with Crippen molar-refractivity contribution in [1.29, 1.82) is 0 Å². The van der Waals surface area contributed by atoms with E-state index in [2.05, 4.69) is 0 Å². The number of nitrogens with zero attached hydrogens (tertiary/aromatic N) is 1. The van der Waals surface area contributed by atoms with Crippen LogP contribution in [-0.4, -0.2) is 23.5 Å². The number of anilines is 1. The van der Waals surface area contributed by atoms with E-state index in [0.717, 1.165) is 5.56 Å². The van der Waals surface area contributed by atoms with Gasteiger partial charge in [0, 0.05) is 24.2 Å². The normalized spacial score (nSPS) is 12.0. The molecule has 4 nitrogen and oxygen atoms in total. The first kappa shape index (κ1) is 14.5. The first-order valence-corrected chi connectivity index (χ1v) is 5.97. The highest BCUT2D eigenvalue weighted by Crippen LogP contribution is 2.24. The van der Waals surface area contributed by atoms with Crippen LogP contribution in [0, 0.1) is 12.8 Å². The lowest BCUT2D eigenvalue weighted by Crippen LogP contribution is -2.35. The molecule has 0 heterocycles. The summed E-state index contributed by atoms with van der Waals surface area (Å²) in [5.74, 6) is -1.73. The van der Waals surface area contributed by atoms with E-state index in [0.29, 0.717) is 10.7 Å². The van der Waals surface area contributed by atoms with Gasteiger partial charge in [0.05, 0.1) is 5.92 Å². The molecule has 0 aliphatic rings. The van der Waals surface area contributed by atoms with Gasteiger partial charge >= 0.3 is 5.97 Å². The third-order valence-corrected chi connectivity index (χ3v) is 2.94. The minimum absolute atomic E-state index is 0.146. The van der Waals surface area contributed by atoms with Crippen molar-refractivity contribution in [3.63, 3.8) is 0 Å². The van der Waals surface area contributed by atoms with Crippen LogP contribution < -0.4 is 4.90 Å². The van der Waals surface area contributed by atoms with E-state index in [-0.39, 0.29) is 12.5 Å². The van der Waals surface area contributed by atoms with E-state index in [1.165, 1.54) is 11.8 Å². The summed E-state index contributed by atoms with van der Waals surface area (Å²) in [6.45, 7) is 4.97. The zero-order valence-corrected chi connectivity index (χ0v) is 11.4. The summed E-state index contributed by atoms with van der Waals surface area (Å²) in [7, 11) is 0. The maximum Gasteiger partial charge on any atom is 0.308 e. The average molecular weight is 270 g/mol. The summed E-state index contributed by atoms with van der Waals surface area (Å²) in [5, 5.41) is 9.50. The molecule has 0 saturated heterocycles. The highest BCUT2D eigenvalue weighted by molar-refractivity contribution is 6.30. The number of aliphatic carboxylic acids is 1.